The van der Waals surface area contributed by atoms with Crippen LogP contribution in [0.5, 0.6) is 0 Å². The van der Waals surface area contributed by atoms with Gasteiger partial charge < -0.3 is 5.32 Å². The van der Waals surface area contributed by atoms with Crippen LogP contribution >= 0.6 is 0 Å². The second-order valence-corrected chi connectivity index (χ2v) is 5.36. The second kappa shape index (κ2) is 6.96. The zero-order valence-electron chi connectivity index (χ0n) is 13.9. The molecular weight excluding hydrogens is 296 g/mol. The van der Waals surface area contributed by atoms with Crippen molar-refractivity contribution in [1.82, 2.24) is 14.4 Å². The van der Waals surface area contributed by atoms with Crippen molar-refractivity contribution in [2.75, 3.05) is 5.32 Å². The zero-order valence-corrected chi connectivity index (χ0v) is 13.9. The molecule has 24 heavy (non-hydrogen) atoms. The van der Waals surface area contributed by atoms with E-state index in [0.717, 1.165) is 34.1 Å². The van der Waals surface area contributed by atoms with Gasteiger partial charge in [-0.05, 0) is 26.0 Å². The molecule has 0 radical (unpaired) electrons. The van der Waals surface area contributed by atoms with Crippen LogP contribution in [-0.2, 0) is 0 Å². The summed E-state index contributed by atoms with van der Waals surface area (Å²) in [5.74, 6) is 0.900. The molecule has 0 aliphatic heterocycles. The van der Waals surface area contributed by atoms with Gasteiger partial charge in [0.05, 0.1) is 5.69 Å². The quantitative estimate of drug-likeness (QED) is 0.690. The first-order valence-corrected chi connectivity index (χ1v) is 7.86. The molecule has 0 saturated carbocycles. The van der Waals surface area contributed by atoms with E-state index in [1.54, 1.807) is 12.3 Å². The van der Waals surface area contributed by atoms with Crippen LogP contribution in [0, 0.1) is 6.92 Å². The van der Waals surface area contributed by atoms with Crippen molar-refractivity contribution in [2.24, 2.45) is 0 Å². The van der Waals surface area contributed by atoms with Crippen LogP contribution in [0.15, 0.2) is 79.3 Å². The predicted molar refractivity (Wildman–Crippen MR) is 99.9 cm³/mol. The molecule has 0 bridgehead atoms. The highest BCUT2D eigenvalue weighted by Crippen LogP contribution is 2.30. The minimum Gasteiger partial charge on any atom is -0.340 e. The molecule has 0 saturated heterocycles. The predicted octanol–water partition coefficient (Wildman–Crippen LogP) is 4.76. The maximum atomic E-state index is 4.81. The second-order valence-electron chi connectivity index (χ2n) is 5.36. The van der Waals surface area contributed by atoms with E-state index in [-0.39, 0.29) is 0 Å². The molecule has 4 heteroatoms. The van der Waals surface area contributed by atoms with E-state index in [1.807, 2.05) is 60.9 Å². The molecule has 0 aliphatic carbocycles. The average molecular weight is 316 g/mol. The number of fused-ring (bicyclic) bond motifs is 1. The van der Waals surface area contributed by atoms with Gasteiger partial charge in [-0.3, -0.25) is 9.38 Å². The molecule has 0 aliphatic rings. The Morgan fingerprint density at radius 3 is 2.75 bits per heavy atom. The van der Waals surface area contributed by atoms with Gasteiger partial charge in [0.2, 0.25) is 0 Å². The lowest BCUT2D eigenvalue weighted by atomic mass is 10.1. The third kappa shape index (κ3) is 2.99. The van der Waals surface area contributed by atoms with E-state index in [0.29, 0.717) is 0 Å². The molecule has 0 fully saturated rings. The van der Waals surface area contributed by atoms with Gasteiger partial charge in [0.1, 0.15) is 11.5 Å². The van der Waals surface area contributed by atoms with Gasteiger partial charge in [-0.25, -0.2) is 4.98 Å². The van der Waals surface area contributed by atoms with E-state index in [9.17, 15) is 0 Å². The lowest BCUT2D eigenvalue weighted by molar-refractivity contribution is 1.08. The first-order valence-electron chi connectivity index (χ1n) is 7.86. The number of hydrogen-bond acceptors (Lipinski definition) is 3. The summed E-state index contributed by atoms with van der Waals surface area (Å²) in [5.41, 5.74) is 4.58. The minimum absolute atomic E-state index is 0.841. The summed E-state index contributed by atoms with van der Waals surface area (Å²) >= 11 is 0. The molecule has 2 aromatic heterocycles. The fourth-order valence-electron chi connectivity index (χ4n) is 2.52. The van der Waals surface area contributed by atoms with Gasteiger partial charge in [0, 0.05) is 23.7 Å². The van der Waals surface area contributed by atoms with Crippen LogP contribution in [0.25, 0.3) is 16.9 Å². The SMILES string of the molecule is C=C/C(=C\C=C/C)Nc1c(-c2ccccc2)nc2c(C)nccn12. The summed E-state index contributed by atoms with van der Waals surface area (Å²) < 4.78 is 2.03. The van der Waals surface area contributed by atoms with Crippen LogP contribution in [0.4, 0.5) is 5.82 Å². The number of benzene rings is 1. The number of anilines is 1. The van der Waals surface area contributed by atoms with Gasteiger partial charge >= 0.3 is 0 Å². The van der Waals surface area contributed by atoms with Crippen LogP contribution in [-0.4, -0.2) is 14.4 Å². The number of aryl methyl sites for hydroxylation is 1. The Hall–Kier alpha value is -3.14. The Labute approximate surface area is 141 Å². The average Bonchev–Trinajstić information content (AvgIpc) is 2.99. The van der Waals surface area contributed by atoms with E-state index >= 15 is 0 Å². The molecule has 0 amide bonds. The third-order valence-corrected chi connectivity index (χ3v) is 3.72. The lowest BCUT2D eigenvalue weighted by Gasteiger charge is -2.09. The Balaban J connectivity index is 2.20. The van der Waals surface area contributed by atoms with Gasteiger partial charge in [-0.2, -0.15) is 0 Å². The highest BCUT2D eigenvalue weighted by atomic mass is 15.1. The summed E-state index contributed by atoms with van der Waals surface area (Å²) in [6.07, 6.45) is 11.4. The van der Waals surface area contributed by atoms with Crippen LogP contribution < -0.4 is 5.32 Å². The molecule has 120 valence electrons. The molecule has 0 spiro atoms. The molecule has 3 aromatic rings. The fraction of sp³-hybridized carbons (Fsp3) is 0.100. The number of rotatable bonds is 5. The van der Waals surface area contributed by atoms with Crippen molar-refractivity contribution in [2.45, 2.75) is 13.8 Å². The maximum Gasteiger partial charge on any atom is 0.160 e. The van der Waals surface area contributed by atoms with Gasteiger partial charge in [0.15, 0.2) is 5.65 Å². The molecular formula is C20H20N4. The number of aromatic nitrogens is 3. The Morgan fingerprint density at radius 2 is 2.04 bits per heavy atom. The van der Waals surface area contributed by atoms with Crippen molar-refractivity contribution < 1.29 is 0 Å². The van der Waals surface area contributed by atoms with Crippen molar-refractivity contribution in [3.8, 4) is 11.3 Å². The highest BCUT2D eigenvalue weighted by Gasteiger charge is 2.15. The third-order valence-electron chi connectivity index (χ3n) is 3.72. The number of nitrogens with one attached hydrogen (secondary N) is 1. The van der Waals surface area contributed by atoms with Crippen LogP contribution in [0.1, 0.15) is 12.6 Å². The first-order chi connectivity index (χ1) is 11.7. The van der Waals surface area contributed by atoms with E-state index < -0.39 is 0 Å². The Kier molecular flexibility index (Phi) is 4.57. The van der Waals surface area contributed by atoms with Crippen LogP contribution in [0.3, 0.4) is 0 Å². The highest BCUT2D eigenvalue weighted by molar-refractivity contribution is 5.78. The number of allylic oxidation sites excluding steroid dienone is 4. The van der Waals surface area contributed by atoms with Crippen molar-refractivity contribution >= 4 is 11.5 Å². The summed E-state index contributed by atoms with van der Waals surface area (Å²) in [7, 11) is 0. The number of imidazole rings is 1. The minimum atomic E-state index is 0.841. The van der Waals surface area contributed by atoms with Crippen molar-refractivity contribution in [1.29, 1.82) is 0 Å². The van der Waals surface area contributed by atoms with Gasteiger partial charge in [-0.1, -0.05) is 49.1 Å². The molecule has 3 rings (SSSR count). The first kappa shape index (κ1) is 15.7. The fourth-order valence-corrected chi connectivity index (χ4v) is 2.52. The van der Waals surface area contributed by atoms with E-state index in [2.05, 4.69) is 29.0 Å². The molecule has 4 nitrogen and oxygen atoms in total. The number of nitrogens with zero attached hydrogens (tertiary/aromatic N) is 3. The molecule has 2 heterocycles. The monoisotopic (exact) mass is 316 g/mol. The van der Waals surface area contributed by atoms with E-state index in [1.165, 1.54) is 0 Å². The lowest BCUT2D eigenvalue weighted by Crippen LogP contribution is -2.02. The van der Waals surface area contributed by atoms with Gasteiger partial charge in [0.25, 0.3) is 0 Å². The maximum absolute atomic E-state index is 4.81. The zero-order chi connectivity index (χ0) is 16.9. The van der Waals surface area contributed by atoms with E-state index in [4.69, 9.17) is 4.98 Å². The topological polar surface area (TPSA) is 42.2 Å². The summed E-state index contributed by atoms with van der Waals surface area (Å²) in [5, 5.41) is 3.45. The number of hydrogen-bond donors (Lipinski definition) is 1. The molecule has 0 atom stereocenters. The largest absolute Gasteiger partial charge is 0.340 e. The molecule has 1 N–H and O–H groups in total. The Bertz CT molecular complexity index is 917. The Morgan fingerprint density at radius 1 is 1.25 bits per heavy atom. The van der Waals surface area contributed by atoms with Gasteiger partial charge in [-0.15, -0.1) is 0 Å². The summed E-state index contributed by atoms with van der Waals surface area (Å²) in [4.78, 5) is 9.16. The smallest absolute Gasteiger partial charge is 0.160 e. The summed E-state index contributed by atoms with van der Waals surface area (Å²) in [6, 6.07) is 10.1. The van der Waals surface area contributed by atoms with Crippen molar-refractivity contribution in [3.05, 3.63) is 85.0 Å². The normalized spacial score (nSPS) is 12.0. The standard InChI is InChI=1S/C20H20N4/c1-4-6-12-17(5-2)22-20-18(16-10-8-7-9-11-16)23-19-15(3)21-13-14-24(19)20/h4-14,22H,2H2,1,3H3/b6-4-,17-12+. The van der Waals surface area contributed by atoms with Crippen molar-refractivity contribution in [3.63, 3.8) is 0 Å². The molecule has 1 aromatic carbocycles. The molecule has 0 unspecified atom stereocenters. The van der Waals surface area contributed by atoms with Crippen LogP contribution in [0.2, 0.25) is 0 Å². The summed E-state index contributed by atoms with van der Waals surface area (Å²) in [6.45, 7) is 7.83.